The van der Waals surface area contributed by atoms with Crippen LogP contribution in [0.2, 0.25) is 0 Å². The van der Waals surface area contributed by atoms with Crippen molar-refractivity contribution in [2.45, 2.75) is 91.0 Å². The standard InChI is InChI=1S/C16H34N2/c1-4-5-6-7-10-15(18-17)16(13-14(2)3)11-8-9-12-16/h14-15,18H,4-13,17H2,1-3H3. The van der Waals surface area contributed by atoms with E-state index in [2.05, 4.69) is 26.2 Å². The number of nitrogens with one attached hydrogen (secondary N) is 1. The molecule has 0 spiro atoms. The van der Waals surface area contributed by atoms with E-state index >= 15 is 0 Å². The third kappa shape index (κ3) is 4.55. The first-order valence-electron chi connectivity index (χ1n) is 8.10. The second-order valence-corrected chi connectivity index (χ2v) is 6.74. The fraction of sp³-hybridized carbons (Fsp3) is 1.00. The summed E-state index contributed by atoms with van der Waals surface area (Å²) < 4.78 is 0. The van der Waals surface area contributed by atoms with E-state index in [1.165, 1.54) is 64.2 Å². The van der Waals surface area contributed by atoms with E-state index in [0.29, 0.717) is 11.5 Å². The Morgan fingerprint density at radius 1 is 1.11 bits per heavy atom. The third-order valence-electron chi connectivity index (χ3n) is 4.70. The van der Waals surface area contributed by atoms with Crippen LogP contribution in [0.4, 0.5) is 0 Å². The summed E-state index contributed by atoms with van der Waals surface area (Å²) in [5, 5.41) is 0. The summed E-state index contributed by atoms with van der Waals surface area (Å²) in [5.41, 5.74) is 3.66. The minimum atomic E-state index is 0.495. The summed E-state index contributed by atoms with van der Waals surface area (Å²) in [6, 6.07) is 0.541. The third-order valence-corrected chi connectivity index (χ3v) is 4.70. The van der Waals surface area contributed by atoms with Crippen molar-refractivity contribution in [1.82, 2.24) is 5.43 Å². The summed E-state index contributed by atoms with van der Waals surface area (Å²) in [6.07, 6.45) is 13.6. The van der Waals surface area contributed by atoms with Crippen molar-refractivity contribution in [1.29, 1.82) is 0 Å². The van der Waals surface area contributed by atoms with Crippen LogP contribution in [0.1, 0.15) is 85.0 Å². The largest absolute Gasteiger partial charge is 0.271 e. The summed E-state index contributed by atoms with van der Waals surface area (Å²) in [5.74, 6) is 6.66. The van der Waals surface area contributed by atoms with E-state index < -0.39 is 0 Å². The van der Waals surface area contributed by atoms with Crippen LogP contribution >= 0.6 is 0 Å². The fourth-order valence-electron chi connectivity index (χ4n) is 3.93. The van der Waals surface area contributed by atoms with Gasteiger partial charge in [0.05, 0.1) is 0 Å². The first kappa shape index (κ1) is 16.0. The van der Waals surface area contributed by atoms with Crippen molar-refractivity contribution in [3.63, 3.8) is 0 Å². The van der Waals surface area contributed by atoms with Crippen LogP contribution in [0.3, 0.4) is 0 Å². The van der Waals surface area contributed by atoms with Crippen LogP contribution in [0.25, 0.3) is 0 Å². The highest BCUT2D eigenvalue weighted by Gasteiger charge is 2.40. The molecule has 3 N–H and O–H groups in total. The van der Waals surface area contributed by atoms with Gasteiger partial charge in [-0.3, -0.25) is 11.3 Å². The highest BCUT2D eigenvalue weighted by atomic mass is 15.2. The number of nitrogens with two attached hydrogens (primary N) is 1. The molecule has 1 saturated carbocycles. The molecule has 0 bridgehead atoms. The van der Waals surface area contributed by atoms with Crippen LogP contribution in [0.5, 0.6) is 0 Å². The van der Waals surface area contributed by atoms with Gasteiger partial charge in [-0.2, -0.15) is 0 Å². The Morgan fingerprint density at radius 3 is 2.28 bits per heavy atom. The summed E-state index contributed by atoms with van der Waals surface area (Å²) in [7, 11) is 0. The molecular formula is C16H34N2. The number of rotatable bonds is 9. The molecule has 2 nitrogen and oxygen atoms in total. The molecule has 108 valence electrons. The van der Waals surface area contributed by atoms with Gasteiger partial charge in [0.25, 0.3) is 0 Å². The Bertz CT molecular complexity index is 207. The maximum absolute atomic E-state index is 5.88. The Balaban J connectivity index is 2.51. The zero-order valence-corrected chi connectivity index (χ0v) is 12.8. The lowest BCUT2D eigenvalue weighted by molar-refractivity contribution is 0.145. The van der Waals surface area contributed by atoms with Gasteiger partial charge in [0.2, 0.25) is 0 Å². The average molecular weight is 254 g/mol. The lowest BCUT2D eigenvalue weighted by Crippen LogP contribution is -2.48. The molecule has 0 aromatic rings. The van der Waals surface area contributed by atoms with Gasteiger partial charge in [-0.1, -0.05) is 59.3 Å². The number of unbranched alkanes of at least 4 members (excludes halogenated alkanes) is 3. The van der Waals surface area contributed by atoms with Gasteiger partial charge in [0.1, 0.15) is 0 Å². The second kappa shape index (κ2) is 8.16. The smallest absolute Gasteiger partial charge is 0.0267 e. The van der Waals surface area contributed by atoms with Gasteiger partial charge in [-0.15, -0.1) is 0 Å². The number of hydrogen-bond donors (Lipinski definition) is 2. The highest BCUT2D eigenvalue weighted by Crippen LogP contribution is 2.46. The maximum atomic E-state index is 5.88. The molecule has 1 rings (SSSR count). The van der Waals surface area contributed by atoms with Gasteiger partial charge in [0, 0.05) is 6.04 Å². The van der Waals surface area contributed by atoms with E-state index in [9.17, 15) is 0 Å². The summed E-state index contributed by atoms with van der Waals surface area (Å²) in [6.45, 7) is 6.98. The van der Waals surface area contributed by atoms with Crippen molar-refractivity contribution in [3.05, 3.63) is 0 Å². The van der Waals surface area contributed by atoms with Crippen molar-refractivity contribution in [2.75, 3.05) is 0 Å². The van der Waals surface area contributed by atoms with Crippen LogP contribution < -0.4 is 11.3 Å². The molecule has 1 aliphatic rings. The zero-order valence-electron chi connectivity index (χ0n) is 12.8. The maximum Gasteiger partial charge on any atom is 0.0267 e. The van der Waals surface area contributed by atoms with E-state index in [0.717, 1.165) is 5.92 Å². The van der Waals surface area contributed by atoms with Gasteiger partial charge in [0.15, 0.2) is 0 Å². The highest BCUT2D eigenvalue weighted by molar-refractivity contribution is 4.94. The average Bonchev–Trinajstić information content (AvgIpc) is 2.77. The molecule has 0 aliphatic heterocycles. The molecule has 0 aromatic heterocycles. The first-order chi connectivity index (χ1) is 8.64. The summed E-state index contributed by atoms with van der Waals surface area (Å²) >= 11 is 0. The Kier molecular flexibility index (Phi) is 7.25. The molecule has 1 fully saturated rings. The van der Waals surface area contributed by atoms with Crippen molar-refractivity contribution < 1.29 is 0 Å². The normalized spacial score (nSPS) is 20.5. The zero-order chi connectivity index (χ0) is 13.4. The Morgan fingerprint density at radius 2 is 1.78 bits per heavy atom. The van der Waals surface area contributed by atoms with Crippen molar-refractivity contribution >= 4 is 0 Å². The van der Waals surface area contributed by atoms with Crippen LogP contribution in [-0.2, 0) is 0 Å². The summed E-state index contributed by atoms with van der Waals surface area (Å²) in [4.78, 5) is 0. The second-order valence-electron chi connectivity index (χ2n) is 6.74. The minimum absolute atomic E-state index is 0.495. The predicted molar refractivity (Wildman–Crippen MR) is 80.2 cm³/mol. The molecule has 1 aliphatic carbocycles. The molecule has 0 amide bonds. The number of hydrazine groups is 1. The SMILES string of the molecule is CCCCCCC(NN)C1(CC(C)C)CCCC1. The van der Waals surface area contributed by atoms with Crippen molar-refractivity contribution in [3.8, 4) is 0 Å². The lowest BCUT2D eigenvalue weighted by Gasteiger charge is -2.39. The molecule has 18 heavy (non-hydrogen) atoms. The van der Waals surface area contributed by atoms with E-state index in [-0.39, 0.29) is 0 Å². The van der Waals surface area contributed by atoms with E-state index in [1.54, 1.807) is 0 Å². The van der Waals surface area contributed by atoms with Crippen molar-refractivity contribution in [2.24, 2.45) is 17.2 Å². The molecule has 0 saturated heterocycles. The van der Waals surface area contributed by atoms with Crippen LogP contribution in [0, 0.1) is 11.3 Å². The van der Waals surface area contributed by atoms with Gasteiger partial charge < -0.3 is 0 Å². The lowest BCUT2D eigenvalue weighted by atomic mass is 9.71. The monoisotopic (exact) mass is 254 g/mol. The molecular weight excluding hydrogens is 220 g/mol. The molecule has 0 radical (unpaired) electrons. The molecule has 2 heteroatoms. The molecule has 1 atom stereocenters. The van der Waals surface area contributed by atoms with E-state index in [4.69, 9.17) is 5.84 Å². The van der Waals surface area contributed by atoms with Crippen LogP contribution in [-0.4, -0.2) is 6.04 Å². The quantitative estimate of drug-likeness (QED) is 0.364. The molecule has 1 unspecified atom stereocenters. The molecule has 0 heterocycles. The number of hydrogen-bond acceptors (Lipinski definition) is 2. The fourth-order valence-corrected chi connectivity index (χ4v) is 3.93. The van der Waals surface area contributed by atoms with Gasteiger partial charge >= 0.3 is 0 Å². The van der Waals surface area contributed by atoms with Crippen LogP contribution in [0.15, 0.2) is 0 Å². The predicted octanol–water partition coefficient (Wildman–Crippen LogP) is 4.40. The Hall–Kier alpha value is -0.0800. The topological polar surface area (TPSA) is 38.0 Å². The Labute approximate surface area is 114 Å². The van der Waals surface area contributed by atoms with E-state index in [1.807, 2.05) is 0 Å². The first-order valence-corrected chi connectivity index (χ1v) is 8.10. The minimum Gasteiger partial charge on any atom is -0.271 e. The van der Waals surface area contributed by atoms with Gasteiger partial charge in [-0.05, 0) is 37.0 Å². The van der Waals surface area contributed by atoms with Gasteiger partial charge in [-0.25, -0.2) is 0 Å². The molecule has 0 aromatic carbocycles.